The van der Waals surface area contributed by atoms with Gasteiger partial charge < -0.3 is 4.74 Å². The van der Waals surface area contributed by atoms with Crippen LogP contribution in [-0.2, 0) is 14.0 Å². The molecule has 98 valence electrons. The van der Waals surface area contributed by atoms with Crippen molar-refractivity contribution in [1.82, 2.24) is 0 Å². The van der Waals surface area contributed by atoms with Crippen molar-refractivity contribution in [2.24, 2.45) is 0 Å². The van der Waals surface area contributed by atoms with Crippen molar-refractivity contribution >= 4 is 37.4 Å². The van der Waals surface area contributed by atoms with Crippen molar-refractivity contribution < 1.29 is 22.9 Å². The lowest BCUT2D eigenvalue weighted by Crippen LogP contribution is -2.33. The number of nitro groups is 1. The van der Waals surface area contributed by atoms with Crippen LogP contribution < -0.4 is 4.31 Å². The normalized spacial score (nSPS) is 10.8. The van der Waals surface area contributed by atoms with Crippen LogP contribution in [0, 0.1) is 10.1 Å². The molecule has 0 aliphatic heterocycles. The van der Waals surface area contributed by atoms with Gasteiger partial charge >= 0.3 is 15.3 Å². The lowest BCUT2D eigenvalue weighted by Gasteiger charge is -2.16. The maximum atomic E-state index is 11.3. The van der Waals surface area contributed by atoms with Crippen LogP contribution in [-0.4, -0.2) is 26.5 Å². The van der Waals surface area contributed by atoms with Gasteiger partial charge in [0.15, 0.2) is 0 Å². The number of hydrogen-bond donors (Lipinski definition) is 0. The molecule has 0 atom stereocenters. The standard InChI is InChI=1S/C8H7ClN2O6S/c1-17-8(12)10(18(9,15)16)6-3-2-4-7(5-6)11(13)14/h2-5H,1H3. The Morgan fingerprint density at radius 3 is 2.56 bits per heavy atom. The van der Waals surface area contributed by atoms with Gasteiger partial charge in [-0.1, -0.05) is 6.07 Å². The van der Waals surface area contributed by atoms with Crippen LogP contribution in [0.3, 0.4) is 0 Å². The number of rotatable bonds is 3. The number of amides is 1. The van der Waals surface area contributed by atoms with Gasteiger partial charge in [-0.3, -0.25) is 10.1 Å². The van der Waals surface area contributed by atoms with Crippen molar-refractivity contribution in [2.45, 2.75) is 0 Å². The van der Waals surface area contributed by atoms with Crippen molar-refractivity contribution in [3.8, 4) is 0 Å². The average molecular weight is 295 g/mol. The van der Waals surface area contributed by atoms with Crippen LogP contribution in [0.25, 0.3) is 0 Å². The summed E-state index contributed by atoms with van der Waals surface area (Å²) in [4.78, 5) is 21.1. The molecule has 0 heterocycles. The van der Waals surface area contributed by atoms with Gasteiger partial charge in [0.25, 0.3) is 5.69 Å². The average Bonchev–Trinajstić information content (AvgIpc) is 2.27. The molecule has 0 radical (unpaired) electrons. The molecule has 1 aromatic rings. The Morgan fingerprint density at radius 1 is 1.50 bits per heavy atom. The number of benzene rings is 1. The molecule has 0 saturated carbocycles. The number of carbonyl (C=O) groups is 1. The number of anilines is 1. The van der Waals surface area contributed by atoms with Crippen LogP contribution in [0.2, 0.25) is 0 Å². The zero-order valence-electron chi connectivity index (χ0n) is 8.94. The molecular weight excluding hydrogens is 288 g/mol. The first-order chi connectivity index (χ1) is 8.27. The molecule has 10 heteroatoms. The molecule has 1 amide bonds. The minimum atomic E-state index is -4.46. The summed E-state index contributed by atoms with van der Waals surface area (Å²) >= 11 is 0. The SMILES string of the molecule is COC(=O)N(c1cccc([N+](=O)[O-])c1)S(=O)(=O)Cl. The monoisotopic (exact) mass is 294 g/mol. The fourth-order valence-corrected chi connectivity index (χ4v) is 2.16. The van der Waals surface area contributed by atoms with E-state index in [0.717, 1.165) is 19.2 Å². The second-order valence-corrected chi connectivity index (χ2v) is 5.31. The minimum absolute atomic E-state index is 0.113. The second kappa shape index (κ2) is 5.19. The topological polar surface area (TPSA) is 107 Å². The maximum absolute atomic E-state index is 11.3. The largest absolute Gasteiger partial charge is 0.452 e. The van der Waals surface area contributed by atoms with Gasteiger partial charge in [0.05, 0.1) is 17.7 Å². The maximum Gasteiger partial charge on any atom is 0.429 e. The van der Waals surface area contributed by atoms with Crippen LogP contribution in [0.5, 0.6) is 0 Å². The highest BCUT2D eigenvalue weighted by Crippen LogP contribution is 2.25. The second-order valence-electron chi connectivity index (χ2n) is 2.95. The summed E-state index contributed by atoms with van der Waals surface area (Å²) in [5, 5.41) is 10.6. The summed E-state index contributed by atoms with van der Waals surface area (Å²) in [5.74, 6) is 0. The van der Waals surface area contributed by atoms with Gasteiger partial charge in [-0.25, -0.2) is 4.79 Å². The predicted octanol–water partition coefficient (Wildman–Crippen LogP) is 1.65. The number of halogens is 1. The van der Waals surface area contributed by atoms with Gasteiger partial charge in [0.1, 0.15) is 0 Å². The lowest BCUT2D eigenvalue weighted by atomic mass is 10.3. The number of carbonyl (C=O) groups excluding carboxylic acids is 1. The van der Waals surface area contributed by atoms with E-state index in [1.165, 1.54) is 12.1 Å². The van der Waals surface area contributed by atoms with Gasteiger partial charge in [-0.15, -0.1) is 0 Å². The third-order valence-corrected chi connectivity index (χ3v) is 3.04. The van der Waals surface area contributed by atoms with E-state index in [9.17, 15) is 23.3 Å². The van der Waals surface area contributed by atoms with Crippen molar-refractivity contribution in [3.63, 3.8) is 0 Å². The number of methoxy groups -OCH3 is 1. The molecule has 0 N–H and O–H groups in total. The van der Waals surface area contributed by atoms with E-state index in [4.69, 9.17) is 10.7 Å². The van der Waals surface area contributed by atoms with Gasteiger partial charge in [-0.2, -0.15) is 12.7 Å². The first-order valence-corrected chi connectivity index (χ1v) is 6.61. The first-order valence-electron chi connectivity index (χ1n) is 4.34. The van der Waals surface area contributed by atoms with E-state index in [1.54, 1.807) is 0 Å². The smallest absolute Gasteiger partial charge is 0.429 e. The molecule has 18 heavy (non-hydrogen) atoms. The van der Waals surface area contributed by atoms with E-state index in [0.29, 0.717) is 0 Å². The quantitative estimate of drug-likeness (QED) is 0.476. The molecule has 0 aromatic heterocycles. The molecule has 1 rings (SSSR count). The summed E-state index contributed by atoms with van der Waals surface area (Å²) in [5.41, 5.74) is -0.673. The highest BCUT2D eigenvalue weighted by Gasteiger charge is 2.29. The van der Waals surface area contributed by atoms with Crippen molar-refractivity contribution in [3.05, 3.63) is 34.4 Å². The number of ether oxygens (including phenoxy) is 1. The molecule has 0 aliphatic carbocycles. The molecule has 0 fully saturated rings. The van der Waals surface area contributed by atoms with E-state index >= 15 is 0 Å². The summed E-state index contributed by atoms with van der Waals surface area (Å²) in [6, 6.07) is 4.41. The van der Waals surface area contributed by atoms with Gasteiger partial charge in [-0.05, 0) is 6.07 Å². The van der Waals surface area contributed by atoms with Crippen LogP contribution in [0.15, 0.2) is 24.3 Å². The number of nitro benzene ring substituents is 1. The predicted molar refractivity (Wildman–Crippen MR) is 62.8 cm³/mol. The van der Waals surface area contributed by atoms with Gasteiger partial charge in [0.2, 0.25) is 0 Å². The number of hydrogen-bond acceptors (Lipinski definition) is 6. The summed E-state index contributed by atoms with van der Waals surface area (Å²) < 4.78 is 26.8. The molecule has 1 aromatic carbocycles. The summed E-state index contributed by atoms with van der Waals surface area (Å²) in [6.45, 7) is 0. The van der Waals surface area contributed by atoms with E-state index in [-0.39, 0.29) is 15.7 Å². The Bertz CT molecular complexity index is 587. The third-order valence-electron chi connectivity index (χ3n) is 1.83. The zero-order chi connectivity index (χ0) is 13.9. The molecule has 0 bridgehead atoms. The van der Waals surface area contributed by atoms with Crippen molar-refractivity contribution in [1.29, 1.82) is 0 Å². The van der Waals surface area contributed by atoms with Crippen LogP contribution in [0.4, 0.5) is 16.2 Å². The van der Waals surface area contributed by atoms with E-state index < -0.39 is 20.3 Å². The number of nitrogens with zero attached hydrogens (tertiary/aromatic N) is 2. The first kappa shape index (κ1) is 14.2. The Kier molecular flexibility index (Phi) is 4.09. The molecule has 0 unspecified atom stereocenters. The fraction of sp³-hybridized carbons (Fsp3) is 0.125. The van der Waals surface area contributed by atoms with Crippen molar-refractivity contribution in [2.75, 3.05) is 11.4 Å². The molecule has 0 spiro atoms. The van der Waals surface area contributed by atoms with E-state index in [2.05, 4.69) is 4.74 Å². The summed E-state index contributed by atoms with van der Waals surface area (Å²) in [6.07, 6.45) is -1.27. The number of non-ortho nitro benzene ring substituents is 1. The Balaban J connectivity index is 3.35. The third kappa shape index (κ3) is 3.08. The fourth-order valence-electron chi connectivity index (χ4n) is 1.14. The summed E-state index contributed by atoms with van der Waals surface area (Å²) in [7, 11) is 1.56. The molecular formula is C8H7ClN2O6S. The molecule has 0 aliphatic rings. The molecule has 8 nitrogen and oxygen atoms in total. The minimum Gasteiger partial charge on any atom is -0.452 e. The zero-order valence-corrected chi connectivity index (χ0v) is 10.5. The lowest BCUT2D eigenvalue weighted by molar-refractivity contribution is -0.384. The van der Waals surface area contributed by atoms with E-state index in [1.807, 2.05) is 0 Å². The Hall–Kier alpha value is -1.87. The highest BCUT2D eigenvalue weighted by atomic mass is 35.7. The Labute approximate surface area is 106 Å². The highest BCUT2D eigenvalue weighted by molar-refractivity contribution is 8.15. The van der Waals surface area contributed by atoms with Crippen LogP contribution in [0.1, 0.15) is 0 Å². The molecule has 0 saturated heterocycles. The van der Waals surface area contributed by atoms with Crippen LogP contribution >= 0.6 is 10.7 Å². The van der Waals surface area contributed by atoms with Gasteiger partial charge in [0, 0.05) is 22.8 Å². The Morgan fingerprint density at radius 2 is 2.11 bits per heavy atom.